The third-order valence-electron chi connectivity index (χ3n) is 7.83. The second-order valence-electron chi connectivity index (χ2n) is 10.1. The summed E-state index contributed by atoms with van der Waals surface area (Å²) in [4.78, 5) is 47.8. The van der Waals surface area contributed by atoms with Crippen molar-refractivity contribution in [2.45, 2.75) is 32.7 Å². The highest BCUT2D eigenvalue weighted by molar-refractivity contribution is 6.35. The SMILES string of the molecule is Cc1[nH]c(C=C2C(=O)Nc3ccc(C(=O)O)cc32)c(C)c1C(=O)N1CCC(N2CCN(C)CC2)CC1. The highest BCUT2D eigenvalue weighted by Crippen LogP contribution is 2.35. The van der Waals surface area contributed by atoms with Crippen LogP contribution in [0.15, 0.2) is 18.2 Å². The summed E-state index contributed by atoms with van der Waals surface area (Å²) in [6.07, 6.45) is 3.68. The maximum atomic E-state index is 13.5. The Labute approximate surface area is 210 Å². The molecular weight excluding hydrogens is 458 g/mol. The molecule has 9 nitrogen and oxygen atoms in total. The Kier molecular flexibility index (Phi) is 6.44. The first kappa shape index (κ1) is 24.3. The molecule has 4 heterocycles. The van der Waals surface area contributed by atoms with Crippen molar-refractivity contribution in [3.63, 3.8) is 0 Å². The number of nitrogens with one attached hydrogen (secondary N) is 2. The predicted molar refractivity (Wildman–Crippen MR) is 138 cm³/mol. The average Bonchev–Trinajstić information content (AvgIpc) is 3.33. The molecule has 3 aliphatic heterocycles. The number of rotatable bonds is 4. The van der Waals surface area contributed by atoms with Gasteiger partial charge in [0, 0.05) is 67.9 Å². The number of carbonyl (C=O) groups excluding carboxylic acids is 2. The third-order valence-corrected chi connectivity index (χ3v) is 7.83. The van der Waals surface area contributed by atoms with E-state index in [0.717, 1.165) is 63.4 Å². The van der Waals surface area contributed by atoms with Crippen molar-refractivity contribution >= 4 is 35.1 Å². The van der Waals surface area contributed by atoms with Crippen LogP contribution in [-0.4, -0.2) is 94.9 Å². The maximum absolute atomic E-state index is 13.5. The Hall–Kier alpha value is -3.43. The van der Waals surface area contributed by atoms with Gasteiger partial charge in [0.2, 0.25) is 0 Å². The van der Waals surface area contributed by atoms with Gasteiger partial charge in [0.1, 0.15) is 0 Å². The molecule has 2 amide bonds. The van der Waals surface area contributed by atoms with Crippen LogP contribution in [0.5, 0.6) is 0 Å². The average molecular weight is 492 g/mol. The lowest BCUT2D eigenvalue weighted by atomic mass is 9.99. The fourth-order valence-electron chi connectivity index (χ4n) is 5.63. The molecule has 3 aliphatic rings. The fourth-order valence-corrected chi connectivity index (χ4v) is 5.63. The minimum atomic E-state index is -1.05. The number of carboxylic acid groups (broad SMARTS) is 1. The van der Waals surface area contributed by atoms with Crippen LogP contribution >= 0.6 is 0 Å². The van der Waals surface area contributed by atoms with Crippen molar-refractivity contribution in [2.75, 3.05) is 51.6 Å². The topological polar surface area (TPSA) is 109 Å². The number of hydrogen-bond donors (Lipinski definition) is 3. The number of hydrogen-bond acceptors (Lipinski definition) is 5. The summed E-state index contributed by atoms with van der Waals surface area (Å²) in [5.74, 6) is -1.32. The minimum Gasteiger partial charge on any atom is -0.478 e. The number of carbonyl (C=O) groups is 3. The van der Waals surface area contributed by atoms with Crippen LogP contribution in [-0.2, 0) is 4.79 Å². The first-order valence-electron chi connectivity index (χ1n) is 12.5. The van der Waals surface area contributed by atoms with E-state index in [0.29, 0.717) is 34.1 Å². The number of likely N-dealkylation sites (N-methyl/N-ethyl adjacent to an activating group) is 1. The summed E-state index contributed by atoms with van der Waals surface area (Å²) in [5, 5.41) is 12.1. The molecule has 0 bridgehead atoms. The molecule has 1 aromatic heterocycles. The van der Waals surface area contributed by atoms with Gasteiger partial charge in [-0.05, 0) is 63.6 Å². The number of aromatic amines is 1. The molecule has 2 fully saturated rings. The lowest BCUT2D eigenvalue weighted by Gasteiger charge is -2.42. The minimum absolute atomic E-state index is 0.0205. The highest BCUT2D eigenvalue weighted by Gasteiger charge is 2.31. The molecule has 0 spiro atoms. The van der Waals surface area contributed by atoms with Gasteiger partial charge in [-0.2, -0.15) is 0 Å². The van der Waals surface area contributed by atoms with Crippen LogP contribution in [0.2, 0.25) is 0 Å². The van der Waals surface area contributed by atoms with E-state index in [1.807, 2.05) is 18.7 Å². The Bertz CT molecular complexity index is 1250. The van der Waals surface area contributed by atoms with E-state index in [2.05, 4.69) is 27.1 Å². The number of benzene rings is 1. The summed E-state index contributed by atoms with van der Waals surface area (Å²) in [5.41, 5.74) is 4.52. The standard InChI is InChI=1S/C27H33N5O4/c1-16-23(15-21-20-14-18(27(35)36)4-5-22(20)29-25(21)33)28-17(2)24(16)26(34)32-8-6-19(7-9-32)31-12-10-30(3)11-13-31/h4-5,14-15,19,28H,6-13H2,1-3H3,(H,29,33)(H,35,36). The van der Waals surface area contributed by atoms with Crippen molar-refractivity contribution in [1.29, 1.82) is 0 Å². The van der Waals surface area contributed by atoms with Crippen molar-refractivity contribution in [3.05, 3.63) is 51.8 Å². The van der Waals surface area contributed by atoms with Crippen LogP contribution in [0, 0.1) is 13.8 Å². The van der Waals surface area contributed by atoms with Gasteiger partial charge in [-0.1, -0.05) is 0 Å². The molecular formula is C27H33N5O4. The highest BCUT2D eigenvalue weighted by atomic mass is 16.4. The molecule has 1 aromatic carbocycles. The molecule has 190 valence electrons. The van der Waals surface area contributed by atoms with Crippen molar-refractivity contribution < 1.29 is 19.5 Å². The van der Waals surface area contributed by atoms with Crippen LogP contribution in [0.1, 0.15) is 56.1 Å². The molecule has 0 saturated carbocycles. The van der Waals surface area contributed by atoms with E-state index in [1.165, 1.54) is 12.1 Å². The molecule has 9 heteroatoms. The van der Waals surface area contributed by atoms with Crippen LogP contribution in [0.25, 0.3) is 11.6 Å². The summed E-state index contributed by atoms with van der Waals surface area (Å²) in [7, 11) is 2.16. The zero-order chi connectivity index (χ0) is 25.6. The number of carboxylic acids is 1. The van der Waals surface area contributed by atoms with Crippen LogP contribution in [0.4, 0.5) is 5.69 Å². The first-order valence-corrected chi connectivity index (χ1v) is 12.5. The molecule has 2 aromatic rings. The van der Waals surface area contributed by atoms with E-state index >= 15 is 0 Å². The summed E-state index contributed by atoms with van der Waals surface area (Å²) in [6.45, 7) is 9.63. The van der Waals surface area contributed by atoms with E-state index in [-0.39, 0.29) is 17.4 Å². The monoisotopic (exact) mass is 491 g/mol. The van der Waals surface area contributed by atoms with Gasteiger partial charge < -0.3 is 25.2 Å². The van der Waals surface area contributed by atoms with Crippen LogP contribution < -0.4 is 5.32 Å². The number of likely N-dealkylation sites (tertiary alicyclic amines) is 1. The van der Waals surface area contributed by atoms with E-state index < -0.39 is 5.97 Å². The lowest BCUT2D eigenvalue weighted by molar-refractivity contribution is -0.110. The molecule has 0 aliphatic carbocycles. The molecule has 36 heavy (non-hydrogen) atoms. The number of nitrogens with zero attached hydrogens (tertiary/aromatic N) is 3. The van der Waals surface area contributed by atoms with E-state index in [4.69, 9.17) is 0 Å². The predicted octanol–water partition coefficient (Wildman–Crippen LogP) is 2.67. The molecule has 3 N–H and O–H groups in total. The van der Waals surface area contributed by atoms with Gasteiger partial charge in [-0.15, -0.1) is 0 Å². The number of aromatic nitrogens is 1. The van der Waals surface area contributed by atoms with Crippen molar-refractivity contribution in [2.24, 2.45) is 0 Å². The largest absolute Gasteiger partial charge is 0.478 e. The van der Waals surface area contributed by atoms with Gasteiger partial charge >= 0.3 is 5.97 Å². The van der Waals surface area contributed by atoms with Crippen molar-refractivity contribution in [1.82, 2.24) is 19.7 Å². The fraction of sp³-hybridized carbons (Fsp3) is 0.444. The maximum Gasteiger partial charge on any atom is 0.335 e. The third kappa shape index (κ3) is 4.44. The van der Waals surface area contributed by atoms with Gasteiger partial charge in [-0.3, -0.25) is 14.5 Å². The molecule has 5 rings (SSSR count). The van der Waals surface area contributed by atoms with E-state index in [9.17, 15) is 19.5 Å². The van der Waals surface area contributed by atoms with Crippen molar-refractivity contribution in [3.8, 4) is 0 Å². The first-order chi connectivity index (χ1) is 17.2. The molecule has 0 unspecified atom stereocenters. The quantitative estimate of drug-likeness (QED) is 0.568. The van der Waals surface area contributed by atoms with Gasteiger partial charge in [0.15, 0.2) is 0 Å². The number of anilines is 1. The van der Waals surface area contributed by atoms with E-state index in [1.54, 1.807) is 12.1 Å². The number of amides is 2. The smallest absolute Gasteiger partial charge is 0.335 e. The second-order valence-corrected chi connectivity index (χ2v) is 10.1. The number of aryl methyl sites for hydroxylation is 1. The van der Waals surface area contributed by atoms with Gasteiger partial charge in [0.05, 0.1) is 16.7 Å². The van der Waals surface area contributed by atoms with Gasteiger partial charge in [-0.25, -0.2) is 4.79 Å². The summed E-state index contributed by atoms with van der Waals surface area (Å²) in [6, 6.07) is 5.11. The lowest BCUT2D eigenvalue weighted by Crippen LogP contribution is -2.53. The summed E-state index contributed by atoms with van der Waals surface area (Å²) >= 11 is 0. The normalized spacial score (nSPS) is 20.6. The molecule has 2 saturated heterocycles. The Morgan fingerprint density at radius 1 is 1.06 bits per heavy atom. The molecule has 0 atom stereocenters. The Morgan fingerprint density at radius 3 is 2.42 bits per heavy atom. The molecule has 0 radical (unpaired) electrons. The number of aromatic carboxylic acids is 1. The van der Waals surface area contributed by atoms with Gasteiger partial charge in [0.25, 0.3) is 11.8 Å². The zero-order valence-electron chi connectivity index (χ0n) is 21.1. The number of fused-ring (bicyclic) bond motifs is 1. The number of piperidine rings is 1. The second kappa shape index (κ2) is 9.55. The Morgan fingerprint density at radius 2 is 1.75 bits per heavy atom. The Balaban J connectivity index is 1.34. The van der Waals surface area contributed by atoms with Crippen LogP contribution in [0.3, 0.4) is 0 Å². The summed E-state index contributed by atoms with van der Waals surface area (Å²) < 4.78 is 0. The zero-order valence-corrected chi connectivity index (χ0v) is 21.1. The number of piperazine rings is 1. The number of H-pyrrole nitrogens is 1.